The van der Waals surface area contributed by atoms with Gasteiger partial charge in [-0.05, 0) is 36.6 Å². The van der Waals surface area contributed by atoms with Gasteiger partial charge < -0.3 is 5.32 Å². The van der Waals surface area contributed by atoms with E-state index >= 15 is 0 Å². The summed E-state index contributed by atoms with van der Waals surface area (Å²) in [6.45, 7) is 0.761. The molecular formula is C15H15ClFN3. The van der Waals surface area contributed by atoms with Crippen LogP contribution in [0.3, 0.4) is 0 Å². The zero-order valence-corrected chi connectivity index (χ0v) is 11.7. The number of nitrogens with one attached hydrogen (secondary N) is 1. The first-order valence-electron chi connectivity index (χ1n) is 6.69. The van der Waals surface area contributed by atoms with Crippen molar-refractivity contribution < 1.29 is 4.39 Å². The van der Waals surface area contributed by atoms with E-state index < -0.39 is 0 Å². The summed E-state index contributed by atoms with van der Waals surface area (Å²) in [4.78, 5) is 8.75. The van der Waals surface area contributed by atoms with E-state index in [-0.39, 0.29) is 5.82 Å². The minimum Gasteiger partial charge on any atom is -0.308 e. The van der Waals surface area contributed by atoms with Crippen LogP contribution in [0.5, 0.6) is 0 Å². The molecule has 0 spiro atoms. The molecule has 104 valence electrons. The Hall–Kier alpha value is -1.52. The third kappa shape index (κ3) is 3.52. The molecule has 1 aromatic carbocycles. The van der Waals surface area contributed by atoms with E-state index in [2.05, 4.69) is 15.3 Å². The molecule has 0 unspecified atom stereocenters. The van der Waals surface area contributed by atoms with E-state index in [1.165, 1.54) is 25.0 Å². The van der Waals surface area contributed by atoms with Crippen molar-refractivity contribution in [3.05, 3.63) is 58.4 Å². The average Bonchev–Trinajstić information content (AvgIpc) is 3.24. The van der Waals surface area contributed by atoms with Crippen molar-refractivity contribution in [2.45, 2.75) is 31.8 Å². The molecule has 20 heavy (non-hydrogen) atoms. The summed E-state index contributed by atoms with van der Waals surface area (Å²) in [6, 6.07) is 6.95. The van der Waals surface area contributed by atoms with E-state index in [4.69, 9.17) is 11.6 Å². The number of halogens is 2. The molecule has 0 saturated heterocycles. The third-order valence-electron chi connectivity index (χ3n) is 3.28. The Morgan fingerprint density at radius 3 is 2.90 bits per heavy atom. The largest absolute Gasteiger partial charge is 0.308 e. The molecule has 0 atom stereocenters. The Bertz CT molecular complexity index is 614. The zero-order chi connectivity index (χ0) is 13.9. The SMILES string of the molecule is Fc1ccc(Cc2nccc(CNC3CC3)n2)c(Cl)c1. The lowest BCUT2D eigenvalue weighted by Crippen LogP contribution is -2.16. The smallest absolute Gasteiger partial charge is 0.133 e. The molecule has 1 saturated carbocycles. The predicted molar refractivity (Wildman–Crippen MR) is 76.1 cm³/mol. The van der Waals surface area contributed by atoms with Crippen LogP contribution in [0.1, 0.15) is 29.9 Å². The van der Waals surface area contributed by atoms with Crippen LogP contribution in [0.15, 0.2) is 30.5 Å². The van der Waals surface area contributed by atoms with Crippen molar-refractivity contribution in [3.8, 4) is 0 Å². The molecular weight excluding hydrogens is 277 g/mol. The lowest BCUT2D eigenvalue weighted by molar-refractivity contribution is 0.627. The number of nitrogens with zero attached hydrogens (tertiary/aromatic N) is 2. The fraction of sp³-hybridized carbons (Fsp3) is 0.333. The van der Waals surface area contributed by atoms with Crippen LogP contribution in [0.25, 0.3) is 0 Å². The molecule has 1 heterocycles. The van der Waals surface area contributed by atoms with Crippen molar-refractivity contribution in [1.29, 1.82) is 0 Å². The van der Waals surface area contributed by atoms with Crippen molar-refractivity contribution in [3.63, 3.8) is 0 Å². The van der Waals surface area contributed by atoms with Gasteiger partial charge in [-0.15, -0.1) is 0 Å². The van der Waals surface area contributed by atoms with Gasteiger partial charge in [0, 0.05) is 30.2 Å². The second-order valence-corrected chi connectivity index (χ2v) is 5.44. The number of hydrogen-bond acceptors (Lipinski definition) is 3. The first-order valence-corrected chi connectivity index (χ1v) is 7.06. The monoisotopic (exact) mass is 291 g/mol. The molecule has 0 radical (unpaired) electrons. The van der Waals surface area contributed by atoms with Gasteiger partial charge >= 0.3 is 0 Å². The molecule has 0 amide bonds. The van der Waals surface area contributed by atoms with E-state index in [1.54, 1.807) is 12.3 Å². The first kappa shape index (κ1) is 13.5. The lowest BCUT2D eigenvalue weighted by Gasteiger charge is -2.06. The first-order chi connectivity index (χ1) is 9.70. The summed E-state index contributed by atoms with van der Waals surface area (Å²) in [5, 5.41) is 3.83. The Labute approximate surface area is 122 Å². The summed E-state index contributed by atoms with van der Waals surface area (Å²) < 4.78 is 13.0. The maximum atomic E-state index is 13.0. The topological polar surface area (TPSA) is 37.8 Å². The minimum absolute atomic E-state index is 0.331. The summed E-state index contributed by atoms with van der Waals surface area (Å²) in [5.41, 5.74) is 1.81. The Morgan fingerprint density at radius 2 is 2.15 bits per heavy atom. The summed E-state index contributed by atoms with van der Waals surface area (Å²) in [5.74, 6) is 0.371. The zero-order valence-electron chi connectivity index (χ0n) is 10.9. The van der Waals surface area contributed by atoms with Crippen LogP contribution < -0.4 is 5.32 Å². The fourth-order valence-corrected chi connectivity index (χ4v) is 2.23. The predicted octanol–water partition coefficient (Wildman–Crippen LogP) is 3.11. The average molecular weight is 292 g/mol. The quantitative estimate of drug-likeness (QED) is 0.920. The van der Waals surface area contributed by atoms with Crippen molar-refractivity contribution in [2.75, 3.05) is 0 Å². The van der Waals surface area contributed by atoms with E-state index in [9.17, 15) is 4.39 Å². The molecule has 3 nitrogen and oxygen atoms in total. The Morgan fingerprint density at radius 1 is 1.30 bits per heavy atom. The van der Waals surface area contributed by atoms with Crippen LogP contribution in [0.2, 0.25) is 5.02 Å². The van der Waals surface area contributed by atoms with Crippen LogP contribution in [0.4, 0.5) is 4.39 Å². The highest BCUT2D eigenvalue weighted by molar-refractivity contribution is 6.31. The van der Waals surface area contributed by atoms with Crippen LogP contribution >= 0.6 is 11.6 Å². The van der Waals surface area contributed by atoms with Crippen molar-refractivity contribution in [1.82, 2.24) is 15.3 Å². The number of rotatable bonds is 5. The second-order valence-electron chi connectivity index (χ2n) is 5.03. The molecule has 0 bridgehead atoms. The van der Waals surface area contributed by atoms with Crippen LogP contribution in [-0.2, 0) is 13.0 Å². The van der Waals surface area contributed by atoms with Gasteiger partial charge in [-0.25, -0.2) is 14.4 Å². The van der Waals surface area contributed by atoms with Crippen LogP contribution in [-0.4, -0.2) is 16.0 Å². The highest BCUT2D eigenvalue weighted by Gasteiger charge is 2.20. The molecule has 5 heteroatoms. The number of hydrogen-bond donors (Lipinski definition) is 1. The minimum atomic E-state index is -0.331. The van der Waals surface area contributed by atoms with Crippen LogP contribution in [0, 0.1) is 5.82 Å². The molecule has 0 aliphatic heterocycles. The normalized spacial score (nSPS) is 14.5. The second kappa shape index (κ2) is 5.85. The highest BCUT2D eigenvalue weighted by atomic mass is 35.5. The van der Waals surface area contributed by atoms with Crippen molar-refractivity contribution in [2.24, 2.45) is 0 Å². The van der Waals surface area contributed by atoms with Gasteiger partial charge in [0.2, 0.25) is 0 Å². The summed E-state index contributed by atoms with van der Waals surface area (Å²) >= 11 is 6.02. The van der Waals surface area contributed by atoms with Gasteiger partial charge in [-0.3, -0.25) is 0 Å². The molecule has 2 aromatic rings. The van der Waals surface area contributed by atoms with Gasteiger partial charge in [0.15, 0.2) is 0 Å². The molecule has 1 N–H and O–H groups in total. The van der Waals surface area contributed by atoms with Crippen molar-refractivity contribution >= 4 is 11.6 Å². The number of benzene rings is 1. The van der Waals surface area contributed by atoms with Gasteiger partial charge in [-0.1, -0.05) is 17.7 Å². The third-order valence-corrected chi connectivity index (χ3v) is 3.63. The Balaban J connectivity index is 1.70. The molecule has 1 aliphatic carbocycles. The van der Waals surface area contributed by atoms with Gasteiger partial charge in [0.1, 0.15) is 11.6 Å². The lowest BCUT2D eigenvalue weighted by atomic mass is 10.1. The summed E-state index contributed by atoms with van der Waals surface area (Å²) in [7, 11) is 0. The maximum absolute atomic E-state index is 13.0. The maximum Gasteiger partial charge on any atom is 0.133 e. The highest BCUT2D eigenvalue weighted by Crippen LogP contribution is 2.20. The number of aromatic nitrogens is 2. The van der Waals surface area contributed by atoms with E-state index in [1.807, 2.05) is 6.07 Å². The molecule has 1 aliphatic rings. The Kier molecular flexibility index (Phi) is 3.94. The van der Waals surface area contributed by atoms with E-state index in [0.717, 1.165) is 17.8 Å². The standard InChI is InChI=1S/C15H15ClFN3/c16-14-8-11(17)2-1-10(14)7-15-18-6-5-13(20-15)9-19-12-3-4-12/h1-2,5-6,8,12,19H,3-4,7,9H2. The molecule has 1 aromatic heterocycles. The van der Waals surface area contributed by atoms with E-state index in [0.29, 0.717) is 23.3 Å². The fourth-order valence-electron chi connectivity index (χ4n) is 2.00. The van der Waals surface area contributed by atoms with Gasteiger partial charge in [0.05, 0.1) is 5.69 Å². The van der Waals surface area contributed by atoms with Gasteiger partial charge in [-0.2, -0.15) is 0 Å². The molecule has 1 fully saturated rings. The molecule has 3 rings (SSSR count). The van der Waals surface area contributed by atoms with Gasteiger partial charge in [0.25, 0.3) is 0 Å². The summed E-state index contributed by atoms with van der Waals surface area (Å²) in [6.07, 6.45) is 4.77.